The monoisotopic (exact) mass is 491 g/mol. The van der Waals surface area contributed by atoms with E-state index in [1.807, 2.05) is 0 Å². The van der Waals surface area contributed by atoms with E-state index in [1.165, 1.54) is 10.1 Å². The Morgan fingerprint density at radius 1 is 0.613 bits per heavy atom. The Balaban J connectivity index is 0.000000562. The van der Waals surface area contributed by atoms with E-state index in [4.69, 9.17) is 21.7 Å². The summed E-state index contributed by atoms with van der Waals surface area (Å²) in [6.45, 7) is 14.3. The van der Waals surface area contributed by atoms with E-state index in [2.05, 4.69) is 0 Å². The van der Waals surface area contributed by atoms with Gasteiger partial charge in [0, 0.05) is 38.9 Å². The first-order chi connectivity index (χ1) is 13.0. The number of carbonyl (C=O) groups is 2. The van der Waals surface area contributed by atoms with Crippen molar-refractivity contribution in [3.63, 3.8) is 0 Å². The zero-order valence-corrected chi connectivity index (χ0v) is 20.9. The normalized spacial score (nSPS) is 27.7. The third-order valence-corrected chi connectivity index (χ3v) is 6.14. The fourth-order valence-electron chi connectivity index (χ4n) is 5.45. The maximum atomic E-state index is 11.1. The van der Waals surface area contributed by atoms with Crippen LogP contribution < -0.4 is 11.5 Å². The molecule has 0 saturated carbocycles. The van der Waals surface area contributed by atoms with E-state index < -0.39 is 45.2 Å². The standard InChI is InChI=1S/2C10H20N2O3.Co/c2*1-8(2)5-10(11,7(13)14)6-9(3,4)12(8)15;/h2*15H,5-6,11H2,1-4H3,(H,13,14);. The molecule has 0 aromatic carbocycles. The third-order valence-electron chi connectivity index (χ3n) is 6.14. The van der Waals surface area contributed by atoms with Gasteiger partial charge in [-0.05, 0) is 81.1 Å². The molecular formula is C20H40CoN4O6. The number of hydrogen-bond donors (Lipinski definition) is 6. The van der Waals surface area contributed by atoms with Gasteiger partial charge in [-0.1, -0.05) is 0 Å². The average Bonchev–Trinajstić information content (AvgIpc) is 2.49. The molecule has 185 valence electrons. The molecule has 2 aliphatic heterocycles. The summed E-state index contributed by atoms with van der Waals surface area (Å²) in [5, 5.41) is 40.6. The zero-order chi connectivity index (χ0) is 24.1. The average molecular weight is 491 g/mol. The third kappa shape index (κ3) is 6.17. The molecule has 8 N–H and O–H groups in total. The number of hydroxylamine groups is 4. The summed E-state index contributed by atoms with van der Waals surface area (Å²) in [6, 6.07) is 0. The Hall–Kier alpha value is -0.794. The van der Waals surface area contributed by atoms with Gasteiger partial charge < -0.3 is 32.1 Å². The molecule has 0 spiro atoms. The summed E-state index contributed by atoms with van der Waals surface area (Å²) in [4.78, 5) is 22.3. The molecule has 0 unspecified atom stereocenters. The molecule has 2 heterocycles. The van der Waals surface area contributed by atoms with Crippen molar-refractivity contribution in [2.75, 3.05) is 0 Å². The number of hydrogen-bond acceptors (Lipinski definition) is 8. The summed E-state index contributed by atoms with van der Waals surface area (Å²) in [7, 11) is 0. The maximum absolute atomic E-state index is 11.1. The van der Waals surface area contributed by atoms with Crippen molar-refractivity contribution in [3.05, 3.63) is 0 Å². The summed E-state index contributed by atoms with van der Waals surface area (Å²) in [6.07, 6.45) is 0.926. The van der Waals surface area contributed by atoms with Crippen LogP contribution in [0.15, 0.2) is 0 Å². The van der Waals surface area contributed by atoms with Gasteiger partial charge in [0.05, 0.1) is 0 Å². The number of piperidine rings is 2. The van der Waals surface area contributed by atoms with Crippen molar-refractivity contribution in [1.82, 2.24) is 10.1 Å². The smallest absolute Gasteiger partial charge is 0.323 e. The van der Waals surface area contributed by atoms with Gasteiger partial charge in [0.25, 0.3) is 0 Å². The molecule has 10 nitrogen and oxygen atoms in total. The van der Waals surface area contributed by atoms with E-state index in [1.54, 1.807) is 55.4 Å². The van der Waals surface area contributed by atoms with E-state index in [9.17, 15) is 20.0 Å². The van der Waals surface area contributed by atoms with Crippen LogP contribution in [0.3, 0.4) is 0 Å². The zero-order valence-electron chi connectivity index (χ0n) is 19.8. The quantitative estimate of drug-likeness (QED) is 0.333. The number of carboxylic acid groups (broad SMARTS) is 2. The molecule has 11 heteroatoms. The minimum Gasteiger partial charge on any atom is -0.480 e. The molecule has 0 aliphatic carbocycles. The Bertz CT molecular complexity index is 601. The first-order valence-electron chi connectivity index (χ1n) is 10.1. The van der Waals surface area contributed by atoms with Crippen LogP contribution in [0.25, 0.3) is 0 Å². The van der Waals surface area contributed by atoms with Crippen molar-refractivity contribution in [3.8, 4) is 0 Å². The minimum atomic E-state index is -1.26. The Morgan fingerprint density at radius 3 is 0.903 bits per heavy atom. The van der Waals surface area contributed by atoms with Crippen molar-refractivity contribution >= 4 is 11.9 Å². The molecule has 2 saturated heterocycles. The predicted molar refractivity (Wildman–Crippen MR) is 111 cm³/mol. The summed E-state index contributed by atoms with van der Waals surface area (Å²) in [5.74, 6) is -2.01. The van der Waals surface area contributed by atoms with Crippen LogP contribution in [-0.4, -0.2) is 75.9 Å². The molecule has 2 fully saturated rings. The Morgan fingerprint density at radius 2 is 0.774 bits per heavy atom. The second kappa shape index (κ2) is 8.86. The molecule has 2 aliphatic rings. The molecule has 2 rings (SSSR count). The first-order valence-corrected chi connectivity index (χ1v) is 10.1. The van der Waals surface area contributed by atoms with E-state index in [0.29, 0.717) is 0 Å². The van der Waals surface area contributed by atoms with Crippen molar-refractivity contribution < 1.29 is 47.0 Å². The molecular weight excluding hydrogens is 451 g/mol. The Kier molecular flexibility index (Phi) is 8.64. The van der Waals surface area contributed by atoms with Crippen LogP contribution in [-0.2, 0) is 26.4 Å². The number of carboxylic acids is 2. The maximum Gasteiger partial charge on any atom is 0.323 e. The van der Waals surface area contributed by atoms with Gasteiger partial charge in [0.15, 0.2) is 0 Å². The van der Waals surface area contributed by atoms with Gasteiger partial charge in [-0.25, -0.2) is 0 Å². The van der Waals surface area contributed by atoms with E-state index in [-0.39, 0.29) is 42.5 Å². The van der Waals surface area contributed by atoms with Crippen LogP contribution in [0.2, 0.25) is 0 Å². The summed E-state index contributed by atoms with van der Waals surface area (Å²) < 4.78 is 0. The van der Waals surface area contributed by atoms with Gasteiger partial charge in [-0.2, -0.15) is 10.1 Å². The molecule has 0 atom stereocenters. The van der Waals surface area contributed by atoms with Gasteiger partial charge in [0.1, 0.15) is 11.1 Å². The molecule has 0 amide bonds. The van der Waals surface area contributed by atoms with Crippen LogP contribution in [0, 0.1) is 0 Å². The van der Waals surface area contributed by atoms with E-state index in [0.717, 1.165) is 0 Å². The van der Waals surface area contributed by atoms with Gasteiger partial charge >= 0.3 is 11.9 Å². The van der Waals surface area contributed by atoms with Crippen LogP contribution in [0.5, 0.6) is 0 Å². The van der Waals surface area contributed by atoms with Crippen LogP contribution in [0.4, 0.5) is 0 Å². The fourth-order valence-corrected chi connectivity index (χ4v) is 5.45. The van der Waals surface area contributed by atoms with Crippen LogP contribution in [0.1, 0.15) is 81.1 Å². The minimum absolute atomic E-state index is 0. The summed E-state index contributed by atoms with van der Waals surface area (Å²) >= 11 is 0. The molecule has 0 bridgehead atoms. The second-order valence-corrected chi connectivity index (χ2v) is 11.5. The fraction of sp³-hybridized carbons (Fsp3) is 0.900. The van der Waals surface area contributed by atoms with Crippen LogP contribution >= 0.6 is 0 Å². The first kappa shape index (κ1) is 30.2. The Labute approximate surface area is 195 Å². The van der Waals surface area contributed by atoms with Crippen molar-refractivity contribution in [2.45, 2.75) is 114 Å². The number of rotatable bonds is 2. The molecule has 1 radical (unpaired) electrons. The predicted octanol–water partition coefficient (Wildman–Crippen LogP) is 1.62. The number of aliphatic carboxylic acids is 2. The molecule has 0 aromatic heterocycles. The SMILES string of the molecule is CC1(C)CC(N)(C(=O)O)CC(C)(C)N1O.CC1(C)CC(N)(C(=O)O)CC(C)(C)N1O.[Co]. The van der Waals surface area contributed by atoms with Crippen molar-refractivity contribution in [2.24, 2.45) is 11.5 Å². The van der Waals surface area contributed by atoms with E-state index >= 15 is 0 Å². The van der Waals surface area contributed by atoms with Gasteiger partial charge in [-0.15, -0.1) is 0 Å². The van der Waals surface area contributed by atoms with Gasteiger partial charge in [0.2, 0.25) is 0 Å². The largest absolute Gasteiger partial charge is 0.480 e. The summed E-state index contributed by atoms with van der Waals surface area (Å²) in [5.41, 5.74) is 6.72. The molecule has 31 heavy (non-hydrogen) atoms. The number of nitrogens with two attached hydrogens (primary N) is 2. The topological polar surface area (TPSA) is 174 Å². The molecule has 0 aromatic rings. The van der Waals surface area contributed by atoms with Crippen molar-refractivity contribution in [1.29, 1.82) is 0 Å². The van der Waals surface area contributed by atoms with Gasteiger partial charge in [-0.3, -0.25) is 9.59 Å². The second-order valence-electron chi connectivity index (χ2n) is 11.5. The number of nitrogens with zero attached hydrogens (tertiary/aromatic N) is 2.